The van der Waals surface area contributed by atoms with E-state index in [1.165, 1.54) is 11.3 Å². The van der Waals surface area contributed by atoms with E-state index in [1.54, 1.807) is 25.5 Å². The van der Waals surface area contributed by atoms with Crippen molar-refractivity contribution in [3.05, 3.63) is 56.2 Å². The summed E-state index contributed by atoms with van der Waals surface area (Å²) in [4.78, 5) is 14.9. The molecule has 1 aliphatic rings. The topological polar surface area (TPSA) is 53.9 Å². The minimum Gasteiger partial charge on any atom is -0.496 e. The molecule has 2 aromatic rings. The first-order valence-electron chi connectivity index (χ1n) is 10.3. The van der Waals surface area contributed by atoms with Gasteiger partial charge in [0.15, 0.2) is 0 Å². The van der Waals surface area contributed by atoms with Gasteiger partial charge in [0, 0.05) is 23.3 Å². The summed E-state index contributed by atoms with van der Waals surface area (Å²) in [5, 5.41) is 4.22. The number of carbonyl (C=O) groups excluding carboxylic acids is 1. The molecule has 0 saturated heterocycles. The summed E-state index contributed by atoms with van der Waals surface area (Å²) in [6, 6.07) is 9.82. The van der Waals surface area contributed by atoms with Crippen LogP contribution in [0, 0.1) is 10.5 Å². The second-order valence-corrected chi connectivity index (χ2v) is 9.64. The summed E-state index contributed by atoms with van der Waals surface area (Å²) in [6.07, 6.45) is 2.85. The van der Waals surface area contributed by atoms with Gasteiger partial charge in [-0.05, 0) is 110 Å². The zero-order valence-electron chi connectivity index (χ0n) is 18.5. The van der Waals surface area contributed by atoms with E-state index >= 15 is 0 Å². The third-order valence-corrected chi connectivity index (χ3v) is 6.76. The predicted octanol–water partition coefficient (Wildman–Crippen LogP) is 5.48. The maximum absolute atomic E-state index is 12.4. The quantitative estimate of drug-likeness (QED) is 0.323. The number of ether oxygens (including phenoxy) is 1. The van der Waals surface area contributed by atoms with Crippen LogP contribution in [0.3, 0.4) is 0 Å². The number of hydrogen-bond donors (Lipinski definition) is 1. The van der Waals surface area contributed by atoms with E-state index in [0.717, 1.165) is 27.7 Å². The van der Waals surface area contributed by atoms with Crippen LogP contribution < -0.4 is 15.1 Å². The number of nitrogens with zero attached hydrogens (tertiary/aromatic N) is 2. The molecule has 1 N–H and O–H groups in total. The van der Waals surface area contributed by atoms with Gasteiger partial charge in [0.1, 0.15) is 5.75 Å². The van der Waals surface area contributed by atoms with Crippen LogP contribution in [-0.2, 0) is 0 Å². The minimum atomic E-state index is -0.260. The predicted molar refractivity (Wildman–Crippen MR) is 132 cm³/mol. The van der Waals surface area contributed by atoms with Gasteiger partial charge in [-0.3, -0.25) is 4.79 Å². The van der Waals surface area contributed by atoms with Crippen molar-refractivity contribution in [1.29, 1.82) is 0 Å². The highest BCUT2D eigenvalue weighted by Gasteiger charge is 2.35. The first-order valence-corrected chi connectivity index (χ1v) is 11.3. The normalized spacial score (nSPS) is 17.7. The van der Waals surface area contributed by atoms with Gasteiger partial charge in [-0.2, -0.15) is 5.10 Å². The number of benzene rings is 2. The number of amides is 1. The van der Waals surface area contributed by atoms with E-state index in [1.807, 2.05) is 6.07 Å². The standard InChI is InChI=1S/C24H30IN3O2/c1-7-28-21-10-15(2)18(11-19(21)16(3)13-24(28,4)5)14-26-27-23(29)17-8-9-20(25)22(12-17)30-6/h8-12,14,16H,7,13H2,1-6H3,(H,27,29)/b26-14+/t16-/m0/s1. The third kappa shape index (κ3) is 4.48. The molecule has 0 radical (unpaired) electrons. The maximum Gasteiger partial charge on any atom is 0.271 e. The van der Waals surface area contributed by atoms with Crippen LogP contribution in [0.4, 0.5) is 5.69 Å². The monoisotopic (exact) mass is 519 g/mol. The van der Waals surface area contributed by atoms with Gasteiger partial charge in [-0.1, -0.05) is 6.92 Å². The molecule has 2 aromatic carbocycles. The highest BCUT2D eigenvalue weighted by molar-refractivity contribution is 14.1. The Hall–Kier alpha value is -2.09. The molecule has 1 atom stereocenters. The highest BCUT2D eigenvalue weighted by Crippen LogP contribution is 2.44. The lowest BCUT2D eigenvalue weighted by molar-refractivity contribution is 0.0954. The number of methoxy groups -OCH3 is 1. The van der Waals surface area contributed by atoms with E-state index in [0.29, 0.717) is 17.2 Å². The summed E-state index contributed by atoms with van der Waals surface area (Å²) in [5.41, 5.74) is 8.12. The van der Waals surface area contributed by atoms with Crippen molar-refractivity contribution in [3.63, 3.8) is 0 Å². The van der Waals surface area contributed by atoms with Crippen LogP contribution in [-0.4, -0.2) is 31.3 Å². The van der Waals surface area contributed by atoms with E-state index in [-0.39, 0.29) is 11.4 Å². The number of rotatable bonds is 5. The van der Waals surface area contributed by atoms with E-state index in [4.69, 9.17) is 4.74 Å². The number of fused-ring (bicyclic) bond motifs is 1. The third-order valence-electron chi connectivity index (χ3n) is 5.87. The van der Waals surface area contributed by atoms with E-state index < -0.39 is 0 Å². The first kappa shape index (κ1) is 22.6. The SMILES string of the molecule is CCN1c2cc(C)c(/C=N/NC(=O)c3ccc(I)c(OC)c3)cc2[C@@H](C)CC1(C)C. The molecule has 30 heavy (non-hydrogen) atoms. The fraction of sp³-hybridized carbons (Fsp3) is 0.417. The minimum absolute atomic E-state index is 0.145. The molecule has 0 saturated carbocycles. The van der Waals surface area contributed by atoms with Crippen molar-refractivity contribution in [2.24, 2.45) is 5.10 Å². The number of nitrogens with one attached hydrogen (secondary N) is 1. The smallest absolute Gasteiger partial charge is 0.271 e. The fourth-order valence-electron chi connectivity index (χ4n) is 4.41. The molecule has 0 fully saturated rings. The molecule has 3 rings (SSSR count). The van der Waals surface area contributed by atoms with Gasteiger partial charge in [-0.25, -0.2) is 5.43 Å². The Morgan fingerprint density at radius 3 is 2.77 bits per heavy atom. The Morgan fingerprint density at radius 1 is 1.37 bits per heavy atom. The van der Waals surface area contributed by atoms with Gasteiger partial charge in [0.05, 0.1) is 16.9 Å². The Morgan fingerprint density at radius 2 is 2.10 bits per heavy atom. The number of hydrogen-bond acceptors (Lipinski definition) is 4. The summed E-state index contributed by atoms with van der Waals surface area (Å²) >= 11 is 2.18. The first-order chi connectivity index (χ1) is 14.2. The van der Waals surface area contributed by atoms with Crippen molar-refractivity contribution in [2.45, 2.75) is 52.5 Å². The molecular formula is C24H30IN3O2. The van der Waals surface area contributed by atoms with Crippen molar-refractivity contribution in [2.75, 3.05) is 18.6 Å². The second kappa shape index (κ2) is 8.96. The number of anilines is 1. The number of hydrazone groups is 1. The lowest BCUT2D eigenvalue weighted by Crippen LogP contribution is -2.48. The number of carbonyl (C=O) groups is 1. The number of aryl methyl sites for hydroxylation is 1. The summed E-state index contributed by atoms with van der Waals surface area (Å²) in [5.74, 6) is 0.887. The van der Waals surface area contributed by atoms with E-state index in [2.05, 4.69) is 84.8 Å². The summed E-state index contributed by atoms with van der Waals surface area (Å²) < 4.78 is 6.25. The molecule has 0 aromatic heterocycles. The van der Waals surface area contributed by atoms with Gasteiger partial charge < -0.3 is 9.64 Å². The van der Waals surface area contributed by atoms with E-state index in [9.17, 15) is 4.79 Å². The Balaban J connectivity index is 1.82. The molecule has 160 valence electrons. The molecule has 5 nitrogen and oxygen atoms in total. The van der Waals surface area contributed by atoms with Crippen LogP contribution in [0.5, 0.6) is 5.75 Å². The summed E-state index contributed by atoms with van der Waals surface area (Å²) in [7, 11) is 1.60. The average Bonchev–Trinajstić information content (AvgIpc) is 2.68. The molecule has 1 amide bonds. The fourth-order valence-corrected chi connectivity index (χ4v) is 4.97. The molecule has 6 heteroatoms. The average molecular weight is 519 g/mol. The van der Waals surface area contributed by atoms with Gasteiger partial charge in [-0.15, -0.1) is 0 Å². The molecule has 0 aliphatic carbocycles. The Bertz CT molecular complexity index is 985. The van der Waals surface area contributed by atoms with Gasteiger partial charge in [0.25, 0.3) is 5.91 Å². The lowest BCUT2D eigenvalue weighted by atomic mass is 9.79. The van der Waals surface area contributed by atoms with Crippen molar-refractivity contribution in [3.8, 4) is 5.75 Å². The van der Waals surface area contributed by atoms with Crippen LogP contribution in [0.1, 0.15) is 67.1 Å². The molecular weight excluding hydrogens is 489 g/mol. The zero-order chi connectivity index (χ0) is 22.1. The Kier molecular flexibility index (Phi) is 6.75. The lowest BCUT2D eigenvalue weighted by Gasteiger charge is -2.47. The van der Waals surface area contributed by atoms with Crippen LogP contribution in [0.25, 0.3) is 0 Å². The number of halogens is 1. The molecule has 0 bridgehead atoms. The molecule has 1 heterocycles. The molecule has 0 unspecified atom stereocenters. The zero-order valence-corrected chi connectivity index (χ0v) is 20.7. The van der Waals surface area contributed by atoms with Gasteiger partial charge >= 0.3 is 0 Å². The Labute approximate surface area is 193 Å². The molecule has 0 spiro atoms. The highest BCUT2D eigenvalue weighted by atomic mass is 127. The maximum atomic E-state index is 12.4. The van der Waals surface area contributed by atoms with Crippen LogP contribution >= 0.6 is 22.6 Å². The van der Waals surface area contributed by atoms with Crippen molar-refractivity contribution in [1.82, 2.24) is 5.43 Å². The van der Waals surface area contributed by atoms with Gasteiger partial charge in [0.2, 0.25) is 0 Å². The van der Waals surface area contributed by atoms with Crippen molar-refractivity contribution < 1.29 is 9.53 Å². The summed E-state index contributed by atoms with van der Waals surface area (Å²) in [6.45, 7) is 12.2. The van der Waals surface area contributed by atoms with Crippen LogP contribution in [0.2, 0.25) is 0 Å². The second-order valence-electron chi connectivity index (χ2n) is 8.48. The van der Waals surface area contributed by atoms with Crippen molar-refractivity contribution >= 4 is 40.4 Å². The molecule has 1 aliphatic heterocycles. The largest absolute Gasteiger partial charge is 0.496 e. The van der Waals surface area contributed by atoms with Crippen LogP contribution in [0.15, 0.2) is 35.4 Å².